The third-order valence-corrected chi connectivity index (χ3v) is 3.85. The maximum atomic E-state index is 12.3. The molecule has 0 aromatic heterocycles. The predicted octanol–water partition coefficient (Wildman–Crippen LogP) is 2.31. The third-order valence-electron chi connectivity index (χ3n) is 3.85. The van der Waals surface area contributed by atoms with Crippen molar-refractivity contribution < 1.29 is 19.1 Å². The molecule has 2 rings (SSSR count). The van der Waals surface area contributed by atoms with Gasteiger partial charge in [-0.1, -0.05) is 0 Å². The molecule has 1 fully saturated rings. The lowest BCUT2D eigenvalue weighted by Crippen LogP contribution is -2.50. The molecule has 25 heavy (non-hydrogen) atoms. The highest BCUT2D eigenvalue weighted by Gasteiger charge is 2.25. The molecule has 1 aromatic rings. The quantitative estimate of drug-likeness (QED) is 0.871. The fraction of sp³-hybridized carbons (Fsp3) is 0.471. The van der Waals surface area contributed by atoms with Gasteiger partial charge in [0.05, 0.1) is 31.0 Å². The Labute approximate surface area is 146 Å². The van der Waals surface area contributed by atoms with Crippen molar-refractivity contribution in [3.63, 3.8) is 0 Å². The van der Waals surface area contributed by atoms with Gasteiger partial charge in [-0.2, -0.15) is 5.26 Å². The molecule has 0 aliphatic carbocycles. The monoisotopic (exact) mass is 346 g/mol. The Morgan fingerprint density at radius 1 is 1.44 bits per heavy atom. The molecule has 8 heteroatoms. The number of carbonyl (C=O) groups excluding carboxylic acids is 2. The summed E-state index contributed by atoms with van der Waals surface area (Å²) in [4.78, 5) is 25.5. The summed E-state index contributed by atoms with van der Waals surface area (Å²) in [7, 11) is 1.34. The lowest BCUT2D eigenvalue weighted by molar-refractivity contribution is 0.108. The zero-order chi connectivity index (χ0) is 18.2. The summed E-state index contributed by atoms with van der Waals surface area (Å²) in [6, 6.07) is 6.30. The molecule has 1 saturated heterocycles. The number of hydrogen-bond acceptors (Lipinski definition) is 5. The van der Waals surface area contributed by atoms with Crippen LogP contribution in [0.2, 0.25) is 0 Å². The second-order valence-electron chi connectivity index (χ2n) is 5.61. The van der Waals surface area contributed by atoms with Crippen LogP contribution in [0, 0.1) is 11.3 Å². The average molecular weight is 346 g/mol. The minimum Gasteiger partial charge on any atom is -0.492 e. The van der Waals surface area contributed by atoms with Gasteiger partial charge in [0.1, 0.15) is 5.75 Å². The number of rotatable bonds is 4. The normalized spacial score (nSPS) is 16.5. The van der Waals surface area contributed by atoms with E-state index in [4.69, 9.17) is 14.7 Å². The first kappa shape index (κ1) is 18.4. The number of carbonyl (C=O) groups is 2. The van der Waals surface area contributed by atoms with Gasteiger partial charge in [0.25, 0.3) is 0 Å². The van der Waals surface area contributed by atoms with Gasteiger partial charge in [-0.05, 0) is 38.0 Å². The topological polar surface area (TPSA) is 104 Å². The van der Waals surface area contributed by atoms with E-state index in [2.05, 4.69) is 10.6 Å². The van der Waals surface area contributed by atoms with E-state index in [1.54, 1.807) is 23.1 Å². The Bertz CT molecular complexity index is 671. The molecule has 0 radical (unpaired) electrons. The highest BCUT2D eigenvalue weighted by atomic mass is 16.5. The van der Waals surface area contributed by atoms with Crippen LogP contribution in [0.15, 0.2) is 18.2 Å². The zero-order valence-corrected chi connectivity index (χ0v) is 14.4. The molecule has 1 aliphatic rings. The van der Waals surface area contributed by atoms with E-state index < -0.39 is 12.1 Å². The van der Waals surface area contributed by atoms with Crippen molar-refractivity contribution in [3.05, 3.63) is 23.8 Å². The van der Waals surface area contributed by atoms with E-state index in [-0.39, 0.29) is 6.04 Å². The zero-order valence-electron chi connectivity index (χ0n) is 14.4. The average Bonchev–Trinajstić information content (AvgIpc) is 2.62. The van der Waals surface area contributed by atoms with E-state index in [1.165, 1.54) is 7.11 Å². The van der Waals surface area contributed by atoms with E-state index in [1.807, 2.05) is 13.0 Å². The molecule has 3 amide bonds. The highest BCUT2D eigenvalue weighted by Crippen LogP contribution is 2.25. The second kappa shape index (κ2) is 8.78. The minimum absolute atomic E-state index is 0.164. The number of piperidine rings is 1. The van der Waals surface area contributed by atoms with E-state index in [0.717, 1.165) is 12.8 Å². The number of likely N-dealkylation sites (tertiary alicyclic amines) is 1. The van der Waals surface area contributed by atoms with Crippen LogP contribution >= 0.6 is 0 Å². The smallest absolute Gasteiger partial charge is 0.409 e. The number of nitriles is 1. The highest BCUT2D eigenvalue weighted by molar-refractivity contribution is 5.91. The van der Waals surface area contributed by atoms with Crippen LogP contribution < -0.4 is 15.4 Å². The molecule has 0 unspecified atom stereocenters. The number of anilines is 1. The van der Waals surface area contributed by atoms with Gasteiger partial charge >= 0.3 is 12.1 Å². The molecule has 134 valence electrons. The largest absolute Gasteiger partial charge is 0.492 e. The van der Waals surface area contributed by atoms with Gasteiger partial charge in [-0.15, -0.1) is 0 Å². The summed E-state index contributed by atoms with van der Waals surface area (Å²) >= 11 is 0. The Morgan fingerprint density at radius 3 is 2.92 bits per heavy atom. The van der Waals surface area contributed by atoms with Crippen LogP contribution in [-0.4, -0.2) is 49.9 Å². The van der Waals surface area contributed by atoms with Crippen LogP contribution in [0.1, 0.15) is 25.3 Å². The summed E-state index contributed by atoms with van der Waals surface area (Å²) in [6.07, 6.45) is 1.17. The number of hydrogen-bond donors (Lipinski definition) is 2. The molecule has 0 saturated carbocycles. The van der Waals surface area contributed by atoms with Crippen molar-refractivity contribution in [2.75, 3.05) is 32.1 Å². The van der Waals surface area contributed by atoms with Gasteiger partial charge in [0.2, 0.25) is 0 Å². The molecule has 2 N–H and O–H groups in total. The van der Waals surface area contributed by atoms with Crippen molar-refractivity contribution >= 4 is 17.8 Å². The Kier molecular flexibility index (Phi) is 6.46. The number of benzene rings is 1. The van der Waals surface area contributed by atoms with Gasteiger partial charge in [0.15, 0.2) is 0 Å². The van der Waals surface area contributed by atoms with Crippen molar-refractivity contribution in [1.29, 1.82) is 5.26 Å². The first-order valence-electron chi connectivity index (χ1n) is 8.14. The first-order valence-corrected chi connectivity index (χ1v) is 8.14. The lowest BCUT2D eigenvalue weighted by Gasteiger charge is -2.32. The lowest BCUT2D eigenvalue weighted by atomic mass is 10.1. The molecule has 1 aliphatic heterocycles. The van der Waals surface area contributed by atoms with E-state index >= 15 is 0 Å². The summed E-state index contributed by atoms with van der Waals surface area (Å²) in [5.74, 6) is 0.497. The van der Waals surface area contributed by atoms with Crippen molar-refractivity contribution in [3.8, 4) is 11.8 Å². The number of amides is 3. The van der Waals surface area contributed by atoms with Crippen LogP contribution in [-0.2, 0) is 4.74 Å². The minimum atomic E-state index is -0.409. The Hall–Kier alpha value is -2.95. The third kappa shape index (κ3) is 5.01. The van der Waals surface area contributed by atoms with Crippen LogP contribution in [0.4, 0.5) is 15.3 Å². The molecule has 1 aromatic carbocycles. The summed E-state index contributed by atoms with van der Waals surface area (Å²) < 4.78 is 10.2. The van der Waals surface area contributed by atoms with Gasteiger partial charge in [-0.3, -0.25) is 0 Å². The summed E-state index contributed by atoms with van der Waals surface area (Å²) in [5, 5.41) is 14.6. The van der Waals surface area contributed by atoms with Crippen molar-refractivity contribution in [1.82, 2.24) is 10.2 Å². The van der Waals surface area contributed by atoms with Crippen LogP contribution in [0.5, 0.6) is 5.75 Å². The molecule has 0 bridgehead atoms. The molecule has 1 atom stereocenters. The van der Waals surface area contributed by atoms with Crippen LogP contribution in [0.3, 0.4) is 0 Å². The Morgan fingerprint density at radius 2 is 2.24 bits per heavy atom. The van der Waals surface area contributed by atoms with E-state index in [0.29, 0.717) is 36.7 Å². The number of nitrogens with zero attached hydrogens (tertiary/aromatic N) is 2. The van der Waals surface area contributed by atoms with Gasteiger partial charge in [-0.25, -0.2) is 9.59 Å². The van der Waals surface area contributed by atoms with Crippen molar-refractivity contribution in [2.24, 2.45) is 0 Å². The molecular formula is C17H22N4O4. The van der Waals surface area contributed by atoms with Crippen LogP contribution in [0.25, 0.3) is 0 Å². The maximum Gasteiger partial charge on any atom is 0.409 e. The number of ether oxygens (including phenoxy) is 2. The number of urea groups is 1. The van der Waals surface area contributed by atoms with Gasteiger partial charge in [0, 0.05) is 19.1 Å². The fourth-order valence-corrected chi connectivity index (χ4v) is 2.71. The second-order valence-corrected chi connectivity index (χ2v) is 5.61. The first-order chi connectivity index (χ1) is 12.1. The Balaban J connectivity index is 2.00. The fourth-order valence-electron chi connectivity index (χ4n) is 2.71. The van der Waals surface area contributed by atoms with E-state index in [9.17, 15) is 9.59 Å². The SMILES string of the molecule is CCOc1ccc(C#N)cc1NC(=O)N[C@H]1CCCN(C(=O)OC)C1. The molecular weight excluding hydrogens is 324 g/mol. The number of nitrogens with one attached hydrogen (secondary N) is 2. The predicted molar refractivity (Wildman–Crippen MR) is 91.5 cm³/mol. The molecule has 0 spiro atoms. The number of methoxy groups -OCH3 is 1. The van der Waals surface area contributed by atoms with Gasteiger partial charge < -0.3 is 25.0 Å². The summed E-state index contributed by atoms with van der Waals surface area (Å²) in [5.41, 5.74) is 0.854. The maximum absolute atomic E-state index is 12.3. The molecule has 8 nitrogen and oxygen atoms in total. The molecule has 1 heterocycles. The summed E-state index contributed by atoms with van der Waals surface area (Å²) in [6.45, 7) is 3.30. The standard InChI is InChI=1S/C17H22N4O4/c1-3-25-15-7-6-12(10-18)9-14(15)20-16(22)19-13-5-4-8-21(11-13)17(23)24-2/h6-7,9,13H,3-5,8,11H2,1-2H3,(H2,19,20,22)/t13-/m0/s1. The van der Waals surface area contributed by atoms with Crippen molar-refractivity contribution in [2.45, 2.75) is 25.8 Å².